The molecule has 4 aliphatic rings. The van der Waals surface area contributed by atoms with Crippen molar-refractivity contribution in [3.63, 3.8) is 0 Å². The predicted octanol–water partition coefficient (Wildman–Crippen LogP) is 7.79. The van der Waals surface area contributed by atoms with E-state index in [1.807, 2.05) is 29.8 Å². The van der Waals surface area contributed by atoms with Crippen LogP contribution in [0.2, 0.25) is 0 Å². The summed E-state index contributed by atoms with van der Waals surface area (Å²) in [6.45, 7) is 6.71. The number of aromatic nitrogens is 4. The molecule has 3 fully saturated rings. The van der Waals surface area contributed by atoms with Crippen LogP contribution in [-0.4, -0.2) is 93.1 Å². The van der Waals surface area contributed by atoms with Crippen LogP contribution in [0.4, 0.5) is 9.59 Å². The van der Waals surface area contributed by atoms with Gasteiger partial charge in [0.25, 0.3) is 0 Å². The summed E-state index contributed by atoms with van der Waals surface area (Å²) in [4.78, 5) is 71.2. The minimum Gasteiger partial charge on any atom is -0.453 e. The summed E-state index contributed by atoms with van der Waals surface area (Å²) < 4.78 is 9.49. The van der Waals surface area contributed by atoms with Gasteiger partial charge in [-0.2, -0.15) is 0 Å². The van der Waals surface area contributed by atoms with Crippen molar-refractivity contribution in [2.75, 3.05) is 27.3 Å². The lowest BCUT2D eigenvalue weighted by atomic mass is 9.73. The van der Waals surface area contributed by atoms with Crippen LogP contribution >= 0.6 is 0 Å². The highest BCUT2D eigenvalue weighted by molar-refractivity contribution is 5.88. The van der Waals surface area contributed by atoms with E-state index in [0.717, 1.165) is 71.6 Å². The van der Waals surface area contributed by atoms with Crippen molar-refractivity contribution in [3.8, 4) is 33.5 Å². The molecule has 0 spiro atoms. The van der Waals surface area contributed by atoms with E-state index in [9.17, 15) is 19.2 Å². The number of carbonyl (C=O) groups is 4. The first-order valence-corrected chi connectivity index (χ1v) is 21.6. The lowest BCUT2D eigenvalue weighted by Crippen LogP contribution is -2.51. The Labute approximate surface area is 355 Å². The zero-order valence-corrected chi connectivity index (χ0v) is 35.4. The van der Waals surface area contributed by atoms with Crippen LogP contribution in [-0.2, 0) is 25.5 Å². The van der Waals surface area contributed by atoms with Crippen LogP contribution in [0.15, 0.2) is 60.8 Å². The number of hydrogen-bond donors (Lipinski definition) is 4. The quantitative estimate of drug-likeness (QED) is 0.110. The maximum absolute atomic E-state index is 13.7. The number of benzene rings is 3. The van der Waals surface area contributed by atoms with Gasteiger partial charge in [0, 0.05) is 13.1 Å². The molecule has 6 atom stereocenters. The molecule has 14 heteroatoms. The first-order chi connectivity index (χ1) is 29.5. The number of imidazole rings is 2. The Hall–Kier alpha value is -6.18. The molecular weight excluding hydrogens is 773 g/mol. The molecular formula is C47H54N8O6. The van der Waals surface area contributed by atoms with Gasteiger partial charge in [-0.05, 0) is 121 Å². The number of hydrogen-bond acceptors (Lipinski definition) is 8. The Morgan fingerprint density at radius 1 is 0.738 bits per heavy atom. The molecule has 6 unspecified atom stereocenters. The standard InChI is InChI=1S/C47H54N8O6/c1-25(2)41(53-47(59)61-5)45(57)55-21-6-8-38(55)42-48-24-37(52-42)28-12-10-27(11-13-28)32-18-17-31(34-22-29-14-16-33(29)40(32)34)30-15-19-35-36(23-30)51-43(50-35)39-9-7-20-54(39)44(56)26(3)49-46(58)60-4/h10-13,15,17-19,23-26,29,33,38-39,41H,6-9,14,16,20-22H2,1-5H3,(H,48,52)(H,49,58)(H,50,51)(H,53,59). The number of methoxy groups -OCH3 is 2. The van der Waals surface area contributed by atoms with Gasteiger partial charge in [0.1, 0.15) is 23.7 Å². The van der Waals surface area contributed by atoms with Gasteiger partial charge in [-0.15, -0.1) is 0 Å². The molecule has 2 aliphatic carbocycles. The largest absolute Gasteiger partial charge is 0.453 e. The first-order valence-electron chi connectivity index (χ1n) is 21.6. The number of nitrogens with zero attached hydrogens (tertiary/aromatic N) is 4. The number of fused-ring (bicyclic) bond motifs is 4. The molecule has 1 saturated carbocycles. The van der Waals surface area contributed by atoms with Gasteiger partial charge < -0.3 is 39.9 Å². The van der Waals surface area contributed by atoms with Gasteiger partial charge in [0.15, 0.2) is 0 Å². The second kappa shape index (κ2) is 16.4. The maximum atomic E-state index is 13.7. The summed E-state index contributed by atoms with van der Waals surface area (Å²) in [6.07, 6.45) is 7.42. The molecule has 0 radical (unpaired) electrons. The summed E-state index contributed by atoms with van der Waals surface area (Å²) >= 11 is 0. The molecule has 3 aromatic carbocycles. The van der Waals surface area contributed by atoms with E-state index in [1.54, 1.807) is 6.92 Å². The molecule has 5 aromatic rings. The molecule has 61 heavy (non-hydrogen) atoms. The van der Waals surface area contributed by atoms with E-state index in [1.165, 1.54) is 54.9 Å². The first kappa shape index (κ1) is 40.2. The van der Waals surface area contributed by atoms with Gasteiger partial charge >= 0.3 is 12.2 Å². The Morgan fingerprint density at radius 2 is 1.39 bits per heavy atom. The van der Waals surface area contributed by atoms with Crippen LogP contribution in [0.3, 0.4) is 0 Å². The Morgan fingerprint density at radius 3 is 2.08 bits per heavy atom. The molecule has 2 aliphatic heterocycles. The molecule has 4 amide bonds. The zero-order valence-electron chi connectivity index (χ0n) is 35.4. The van der Waals surface area contributed by atoms with Gasteiger partial charge in [0.2, 0.25) is 11.8 Å². The Bertz CT molecular complexity index is 2490. The topological polar surface area (TPSA) is 175 Å². The van der Waals surface area contributed by atoms with Crippen molar-refractivity contribution in [2.24, 2.45) is 11.8 Å². The molecule has 2 saturated heterocycles. The third-order valence-electron chi connectivity index (χ3n) is 13.5. The van der Waals surface area contributed by atoms with E-state index in [0.29, 0.717) is 24.9 Å². The fourth-order valence-corrected chi connectivity index (χ4v) is 10.2. The highest BCUT2D eigenvalue weighted by Gasteiger charge is 2.42. The summed E-state index contributed by atoms with van der Waals surface area (Å²) in [6, 6.07) is 17.9. The van der Waals surface area contributed by atoms with Crippen LogP contribution in [0.5, 0.6) is 0 Å². The summed E-state index contributed by atoms with van der Waals surface area (Å²) in [5.41, 5.74) is 11.5. The highest BCUT2D eigenvalue weighted by Crippen LogP contribution is 2.56. The minimum atomic E-state index is -0.705. The van der Waals surface area contributed by atoms with Gasteiger partial charge in [-0.25, -0.2) is 19.6 Å². The van der Waals surface area contributed by atoms with Crippen LogP contribution in [0.25, 0.3) is 44.5 Å². The Kier molecular flexibility index (Phi) is 10.8. The fraction of sp³-hybridized carbons (Fsp3) is 0.447. The van der Waals surface area contributed by atoms with Crippen LogP contribution in [0.1, 0.15) is 100 Å². The average Bonchev–Trinajstić information content (AvgIpc) is 4.11. The number of alkyl carbamates (subject to hydrolysis) is 2. The molecule has 2 aromatic heterocycles. The third-order valence-corrected chi connectivity index (χ3v) is 13.5. The number of carbonyl (C=O) groups excluding carboxylic acids is 4. The highest BCUT2D eigenvalue weighted by atomic mass is 16.5. The monoisotopic (exact) mass is 826 g/mol. The molecule has 318 valence electrons. The SMILES string of the molecule is COC(=O)NC(C)C(=O)N1CCCC1c1nc2ccc(-c3ccc(-c4ccc(-c5cnc(C6CCCN6C(=O)C(NC(=O)OC)C(C)C)[nH]5)cc4)c4c3CC3CCC43)cc2[nH]1. The van der Waals surface area contributed by atoms with E-state index in [-0.39, 0.29) is 29.8 Å². The molecule has 4 heterocycles. The van der Waals surface area contributed by atoms with Crippen molar-refractivity contribution in [3.05, 3.63) is 83.6 Å². The van der Waals surface area contributed by atoms with Gasteiger partial charge in [0.05, 0.1) is 49.2 Å². The van der Waals surface area contributed by atoms with Crippen molar-refractivity contribution in [1.82, 2.24) is 40.4 Å². The minimum absolute atomic E-state index is 0.101. The molecule has 14 nitrogen and oxygen atoms in total. The maximum Gasteiger partial charge on any atom is 0.407 e. The number of rotatable bonds is 10. The van der Waals surface area contributed by atoms with Crippen molar-refractivity contribution < 1.29 is 28.7 Å². The summed E-state index contributed by atoms with van der Waals surface area (Å²) in [5.74, 6) is 2.34. The number of aromatic amines is 2. The van der Waals surface area contributed by atoms with Crippen LogP contribution < -0.4 is 10.6 Å². The normalized spacial score (nSPS) is 21.5. The number of likely N-dealkylation sites (tertiary alicyclic amines) is 2. The molecule has 4 N–H and O–H groups in total. The van der Waals surface area contributed by atoms with Gasteiger partial charge in [-0.3, -0.25) is 9.59 Å². The zero-order chi connectivity index (χ0) is 42.5. The second-order valence-electron chi connectivity index (χ2n) is 17.4. The third kappa shape index (κ3) is 7.39. The lowest BCUT2D eigenvalue weighted by molar-refractivity contribution is -0.135. The lowest BCUT2D eigenvalue weighted by Gasteiger charge is -2.31. The number of amides is 4. The van der Waals surface area contributed by atoms with Crippen molar-refractivity contribution in [1.29, 1.82) is 0 Å². The number of nitrogens with one attached hydrogen (secondary N) is 4. The smallest absolute Gasteiger partial charge is 0.407 e. The number of H-pyrrole nitrogens is 2. The predicted molar refractivity (Wildman–Crippen MR) is 230 cm³/mol. The summed E-state index contributed by atoms with van der Waals surface area (Å²) in [5, 5.41) is 5.32. The number of ether oxygens (including phenoxy) is 2. The summed E-state index contributed by atoms with van der Waals surface area (Å²) in [7, 11) is 2.59. The van der Waals surface area contributed by atoms with E-state index in [4.69, 9.17) is 19.4 Å². The van der Waals surface area contributed by atoms with E-state index in [2.05, 4.69) is 75.2 Å². The molecule has 0 bridgehead atoms. The fourth-order valence-electron chi connectivity index (χ4n) is 10.2. The van der Waals surface area contributed by atoms with E-state index >= 15 is 0 Å². The van der Waals surface area contributed by atoms with Crippen LogP contribution in [0, 0.1) is 11.8 Å². The van der Waals surface area contributed by atoms with E-state index < -0.39 is 24.3 Å². The second-order valence-corrected chi connectivity index (χ2v) is 17.4. The van der Waals surface area contributed by atoms with Crippen molar-refractivity contribution in [2.45, 2.75) is 95.8 Å². The average molecular weight is 827 g/mol. The van der Waals surface area contributed by atoms with Gasteiger partial charge in [-0.1, -0.05) is 56.3 Å². The van der Waals surface area contributed by atoms with Crippen molar-refractivity contribution >= 4 is 35.0 Å². The molecule has 9 rings (SSSR count). The Balaban J connectivity index is 0.944.